The maximum atomic E-state index is 9.49. The van der Waals surface area contributed by atoms with Gasteiger partial charge in [0.15, 0.2) is 0 Å². The van der Waals surface area contributed by atoms with Crippen LogP contribution in [0.25, 0.3) is 0 Å². The summed E-state index contributed by atoms with van der Waals surface area (Å²) in [7, 11) is 2.17. The van der Waals surface area contributed by atoms with E-state index in [1.165, 1.54) is 19.3 Å². The Labute approximate surface area is 100 Å². The maximum absolute atomic E-state index is 9.49. The molecule has 2 N–H and O–H groups in total. The highest BCUT2D eigenvalue weighted by atomic mass is 16.3. The second-order valence-corrected chi connectivity index (χ2v) is 5.63. The Balaban J connectivity index is 2.31. The zero-order valence-corrected chi connectivity index (χ0v) is 11.3. The van der Waals surface area contributed by atoms with Crippen molar-refractivity contribution < 1.29 is 5.11 Å². The van der Waals surface area contributed by atoms with Crippen molar-refractivity contribution in [3.8, 4) is 0 Å². The molecule has 0 saturated heterocycles. The van der Waals surface area contributed by atoms with Crippen molar-refractivity contribution in [1.29, 1.82) is 0 Å². The SMILES string of the molecule is CCC(C)N(C)CCC(C)(CO)NC1CC1. The summed E-state index contributed by atoms with van der Waals surface area (Å²) >= 11 is 0. The van der Waals surface area contributed by atoms with Gasteiger partial charge < -0.3 is 15.3 Å². The van der Waals surface area contributed by atoms with Crippen molar-refractivity contribution in [3.63, 3.8) is 0 Å². The summed E-state index contributed by atoms with van der Waals surface area (Å²) in [6.45, 7) is 7.89. The average molecular weight is 228 g/mol. The Kier molecular flexibility index (Phi) is 5.22. The van der Waals surface area contributed by atoms with E-state index in [9.17, 15) is 5.11 Å². The zero-order chi connectivity index (χ0) is 12.2. The zero-order valence-electron chi connectivity index (χ0n) is 11.3. The topological polar surface area (TPSA) is 35.5 Å². The van der Waals surface area contributed by atoms with Crippen LogP contribution in [0.5, 0.6) is 0 Å². The van der Waals surface area contributed by atoms with E-state index in [0.29, 0.717) is 12.1 Å². The Morgan fingerprint density at radius 1 is 1.50 bits per heavy atom. The van der Waals surface area contributed by atoms with E-state index < -0.39 is 0 Å². The van der Waals surface area contributed by atoms with Gasteiger partial charge in [0, 0.05) is 17.6 Å². The minimum Gasteiger partial charge on any atom is -0.394 e. The van der Waals surface area contributed by atoms with Gasteiger partial charge in [-0.3, -0.25) is 0 Å². The highest BCUT2D eigenvalue weighted by molar-refractivity contribution is 4.92. The third-order valence-electron chi connectivity index (χ3n) is 3.84. The number of nitrogens with one attached hydrogen (secondary N) is 1. The van der Waals surface area contributed by atoms with Gasteiger partial charge in [0.25, 0.3) is 0 Å². The second kappa shape index (κ2) is 5.99. The normalized spacial score (nSPS) is 22.1. The minimum absolute atomic E-state index is 0.0944. The van der Waals surface area contributed by atoms with Crippen molar-refractivity contribution in [3.05, 3.63) is 0 Å². The summed E-state index contributed by atoms with van der Waals surface area (Å²) in [6, 6.07) is 1.29. The highest BCUT2D eigenvalue weighted by Crippen LogP contribution is 2.24. The van der Waals surface area contributed by atoms with Crippen LogP contribution < -0.4 is 5.32 Å². The fourth-order valence-electron chi connectivity index (χ4n) is 1.87. The standard InChI is InChI=1S/C13H28N2O/c1-5-11(2)15(4)9-8-13(3,10-16)14-12-6-7-12/h11-12,14,16H,5-10H2,1-4H3. The van der Waals surface area contributed by atoms with Crippen LogP contribution in [-0.4, -0.2) is 47.8 Å². The largest absolute Gasteiger partial charge is 0.394 e. The number of hydrogen-bond donors (Lipinski definition) is 2. The third kappa shape index (κ3) is 4.40. The molecule has 1 aliphatic rings. The van der Waals surface area contributed by atoms with Gasteiger partial charge in [-0.25, -0.2) is 0 Å². The van der Waals surface area contributed by atoms with Crippen LogP contribution in [0, 0.1) is 0 Å². The molecule has 2 unspecified atom stereocenters. The molecule has 0 radical (unpaired) electrons. The quantitative estimate of drug-likeness (QED) is 0.662. The van der Waals surface area contributed by atoms with Crippen molar-refractivity contribution in [2.45, 2.75) is 64.1 Å². The summed E-state index contributed by atoms with van der Waals surface area (Å²) in [5.74, 6) is 0. The van der Waals surface area contributed by atoms with Crippen molar-refractivity contribution in [1.82, 2.24) is 10.2 Å². The number of hydrogen-bond acceptors (Lipinski definition) is 3. The Morgan fingerprint density at radius 2 is 2.12 bits per heavy atom. The monoisotopic (exact) mass is 228 g/mol. The van der Waals surface area contributed by atoms with Crippen LogP contribution in [0.1, 0.15) is 46.5 Å². The van der Waals surface area contributed by atoms with Crippen LogP contribution in [0.15, 0.2) is 0 Å². The molecule has 0 aromatic carbocycles. The Morgan fingerprint density at radius 3 is 2.56 bits per heavy atom. The molecule has 3 heteroatoms. The molecule has 1 saturated carbocycles. The number of rotatable bonds is 8. The maximum Gasteiger partial charge on any atom is 0.0611 e. The summed E-state index contributed by atoms with van der Waals surface area (Å²) in [4.78, 5) is 2.38. The van der Waals surface area contributed by atoms with E-state index in [1.54, 1.807) is 0 Å². The number of aliphatic hydroxyl groups excluding tert-OH is 1. The van der Waals surface area contributed by atoms with Gasteiger partial charge in [-0.1, -0.05) is 6.92 Å². The first kappa shape index (κ1) is 13.9. The van der Waals surface area contributed by atoms with Crippen LogP contribution in [0.4, 0.5) is 0 Å². The van der Waals surface area contributed by atoms with Crippen LogP contribution in [0.3, 0.4) is 0 Å². The van der Waals surface area contributed by atoms with Gasteiger partial charge in [-0.15, -0.1) is 0 Å². The lowest BCUT2D eigenvalue weighted by Crippen LogP contribution is -2.49. The molecule has 2 atom stereocenters. The van der Waals surface area contributed by atoms with Gasteiger partial charge in [0.05, 0.1) is 6.61 Å². The average Bonchev–Trinajstić information content (AvgIpc) is 3.08. The second-order valence-electron chi connectivity index (χ2n) is 5.63. The summed E-state index contributed by atoms with van der Waals surface area (Å²) in [5.41, 5.74) is -0.0944. The molecule has 16 heavy (non-hydrogen) atoms. The molecule has 3 nitrogen and oxygen atoms in total. The number of nitrogens with zero attached hydrogens (tertiary/aromatic N) is 1. The lowest BCUT2D eigenvalue weighted by atomic mass is 9.98. The fourth-order valence-corrected chi connectivity index (χ4v) is 1.87. The molecule has 0 amide bonds. The van der Waals surface area contributed by atoms with E-state index in [2.05, 4.69) is 38.0 Å². The predicted molar refractivity (Wildman–Crippen MR) is 68.6 cm³/mol. The van der Waals surface area contributed by atoms with Crippen molar-refractivity contribution in [2.24, 2.45) is 0 Å². The van der Waals surface area contributed by atoms with Crippen molar-refractivity contribution >= 4 is 0 Å². The van der Waals surface area contributed by atoms with Gasteiger partial charge in [-0.05, 0) is 53.1 Å². The van der Waals surface area contributed by atoms with Crippen molar-refractivity contribution in [2.75, 3.05) is 20.2 Å². The molecule has 0 spiro atoms. The summed E-state index contributed by atoms with van der Waals surface area (Å²) < 4.78 is 0. The molecular formula is C13H28N2O. The smallest absolute Gasteiger partial charge is 0.0611 e. The van der Waals surface area contributed by atoms with Gasteiger partial charge >= 0.3 is 0 Å². The summed E-state index contributed by atoms with van der Waals surface area (Å²) in [5, 5.41) is 13.0. The lowest BCUT2D eigenvalue weighted by molar-refractivity contribution is 0.140. The van der Waals surface area contributed by atoms with Gasteiger partial charge in [0.1, 0.15) is 0 Å². The molecule has 96 valence electrons. The Bertz CT molecular complexity index is 206. The molecule has 1 fully saturated rings. The Hall–Kier alpha value is -0.120. The van der Waals surface area contributed by atoms with Crippen LogP contribution in [-0.2, 0) is 0 Å². The molecule has 0 aliphatic heterocycles. The minimum atomic E-state index is -0.0944. The third-order valence-corrected chi connectivity index (χ3v) is 3.84. The van der Waals surface area contributed by atoms with Gasteiger partial charge in [-0.2, -0.15) is 0 Å². The molecule has 0 aromatic heterocycles. The molecule has 1 aliphatic carbocycles. The highest BCUT2D eigenvalue weighted by Gasteiger charge is 2.31. The first-order valence-corrected chi connectivity index (χ1v) is 6.59. The van der Waals surface area contributed by atoms with Crippen LogP contribution >= 0.6 is 0 Å². The predicted octanol–water partition coefficient (Wildman–Crippen LogP) is 1.61. The first-order chi connectivity index (χ1) is 7.50. The van der Waals surface area contributed by atoms with E-state index in [1.807, 2.05) is 0 Å². The van der Waals surface area contributed by atoms with E-state index in [-0.39, 0.29) is 12.1 Å². The molecule has 0 aromatic rings. The summed E-state index contributed by atoms with van der Waals surface area (Å²) in [6.07, 6.45) is 4.75. The van der Waals surface area contributed by atoms with E-state index in [0.717, 1.165) is 13.0 Å². The van der Waals surface area contributed by atoms with Crippen LogP contribution in [0.2, 0.25) is 0 Å². The van der Waals surface area contributed by atoms with E-state index in [4.69, 9.17) is 0 Å². The van der Waals surface area contributed by atoms with E-state index >= 15 is 0 Å². The fraction of sp³-hybridized carbons (Fsp3) is 1.00. The number of aliphatic hydroxyl groups is 1. The molecule has 0 heterocycles. The molecule has 0 bridgehead atoms. The lowest BCUT2D eigenvalue weighted by Gasteiger charge is -2.32. The van der Waals surface area contributed by atoms with Gasteiger partial charge in [0.2, 0.25) is 0 Å². The first-order valence-electron chi connectivity index (χ1n) is 6.59. The molecular weight excluding hydrogens is 200 g/mol. The molecule has 1 rings (SSSR count).